The molecule has 0 radical (unpaired) electrons. The van der Waals surface area contributed by atoms with E-state index in [-0.39, 0.29) is 5.75 Å². The SMILES string of the molecule is COc1ccc(-c2cc(F)ccc2O)cc1OC. The van der Waals surface area contributed by atoms with Crippen molar-refractivity contribution in [1.82, 2.24) is 0 Å². The third-order valence-electron chi connectivity index (χ3n) is 2.65. The third kappa shape index (κ3) is 2.22. The van der Waals surface area contributed by atoms with E-state index in [0.717, 1.165) is 0 Å². The summed E-state index contributed by atoms with van der Waals surface area (Å²) in [6.45, 7) is 0. The number of aromatic hydroxyl groups is 1. The van der Waals surface area contributed by atoms with Gasteiger partial charge in [-0.15, -0.1) is 0 Å². The van der Waals surface area contributed by atoms with Gasteiger partial charge < -0.3 is 14.6 Å². The maximum Gasteiger partial charge on any atom is 0.161 e. The van der Waals surface area contributed by atoms with E-state index in [4.69, 9.17) is 9.47 Å². The second-order valence-electron chi connectivity index (χ2n) is 3.73. The van der Waals surface area contributed by atoms with Crippen molar-refractivity contribution in [1.29, 1.82) is 0 Å². The van der Waals surface area contributed by atoms with E-state index in [2.05, 4.69) is 0 Å². The number of methoxy groups -OCH3 is 2. The van der Waals surface area contributed by atoms with Gasteiger partial charge in [0.2, 0.25) is 0 Å². The molecule has 0 unspecified atom stereocenters. The maximum absolute atomic E-state index is 13.2. The van der Waals surface area contributed by atoms with Crippen molar-refractivity contribution in [3.05, 3.63) is 42.2 Å². The highest BCUT2D eigenvalue weighted by Crippen LogP contribution is 2.36. The van der Waals surface area contributed by atoms with Gasteiger partial charge in [0.05, 0.1) is 14.2 Å². The Morgan fingerprint density at radius 1 is 0.944 bits per heavy atom. The quantitative estimate of drug-likeness (QED) is 0.906. The van der Waals surface area contributed by atoms with E-state index in [1.807, 2.05) is 0 Å². The summed E-state index contributed by atoms with van der Waals surface area (Å²) in [6, 6.07) is 8.93. The zero-order chi connectivity index (χ0) is 13.1. The standard InChI is InChI=1S/C14H13FO3/c1-17-13-6-3-9(7-14(13)18-2)11-8-10(15)4-5-12(11)16/h3-8,16H,1-2H3. The molecule has 0 saturated carbocycles. The van der Waals surface area contributed by atoms with Gasteiger partial charge in [0.1, 0.15) is 11.6 Å². The molecular weight excluding hydrogens is 235 g/mol. The average Bonchev–Trinajstić information content (AvgIpc) is 2.40. The zero-order valence-electron chi connectivity index (χ0n) is 10.1. The van der Waals surface area contributed by atoms with E-state index >= 15 is 0 Å². The van der Waals surface area contributed by atoms with Crippen LogP contribution in [-0.2, 0) is 0 Å². The average molecular weight is 248 g/mol. The number of benzene rings is 2. The fourth-order valence-corrected chi connectivity index (χ4v) is 1.74. The normalized spacial score (nSPS) is 10.2. The Balaban J connectivity index is 2.54. The molecule has 0 aromatic heterocycles. The minimum absolute atomic E-state index is 0.0172. The first-order valence-electron chi connectivity index (χ1n) is 5.36. The van der Waals surface area contributed by atoms with Crippen molar-refractivity contribution < 1.29 is 19.0 Å². The highest BCUT2D eigenvalue weighted by Gasteiger charge is 2.10. The van der Waals surface area contributed by atoms with Crippen LogP contribution in [0.15, 0.2) is 36.4 Å². The predicted molar refractivity (Wildman–Crippen MR) is 66.6 cm³/mol. The summed E-state index contributed by atoms with van der Waals surface area (Å²) in [7, 11) is 3.06. The van der Waals surface area contributed by atoms with Gasteiger partial charge in [-0.25, -0.2) is 4.39 Å². The summed E-state index contributed by atoms with van der Waals surface area (Å²) >= 11 is 0. The molecule has 0 heterocycles. The van der Waals surface area contributed by atoms with Crippen LogP contribution in [0.25, 0.3) is 11.1 Å². The first kappa shape index (κ1) is 12.2. The molecule has 0 aliphatic heterocycles. The number of phenols is 1. The lowest BCUT2D eigenvalue weighted by atomic mass is 10.0. The van der Waals surface area contributed by atoms with Crippen molar-refractivity contribution in [3.63, 3.8) is 0 Å². The molecule has 4 heteroatoms. The molecule has 0 atom stereocenters. The molecule has 0 fully saturated rings. The Hall–Kier alpha value is -2.23. The van der Waals surface area contributed by atoms with Gasteiger partial charge in [-0.3, -0.25) is 0 Å². The molecule has 0 saturated heterocycles. The summed E-state index contributed by atoms with van der Waals surface area (Å²) in [5.41, 5.74) is 1.07. The maximum atomic E-state index is 13.2. The number of phenolic OH excluding ortho intramolecular Hbond substituents is 1. The van der Waals surface area contributed by atoms with E-state index in [9.17, 15) is 9.50 Å². The van der Waals surface area contributed by atoms with Crippen molar-refractivity contribution in [2.75, 3.05) is 14.2 Å². The number of rotatable bonds is 3. The molecule has 2 rings (SSSR count). The molecule has 2 aromatic rings. The summed E-state index contributed by atoms with van der Waals surface area (Å²) in [4.78, 5) is 0. The molecule has 0 spiro atoms. The third-order valence-corrected chi connectivity index (χ3v) is 2.65. The van der Waals surface area contributed by atoms with Crippen molar-refractivity contribution in [2.45, 2.75) is 0 Å². The molecule has 0 amide bonds. The summed E-state index contributed by atoms with van der Waals surface area (Å²) < 4.78 is 23.5. The molecule has 1 N–H and O–H groups in total. The van der Waals surface area contributed by atoms with Crippen LogP contribution in [0, 0.1) is 5.82 Å². The van der Waals surface area contributed by atoms with Crippen LogP contribution >= 0.6 is 0 Å². The van der Waals surface area contributed by atoms with Crippen molar-refractivity contribution in [3.8, 4) is 28.4 Å². The Bertz CT molecular complexity index is 567. The van der Waals surface area contributed by atoms with Gasteiger partial charge >= 0.3 is 0 Å². The van der Waals surface area contributed by atoms with Crippen LogP contribution in [0.2, 0.25) is 0 Å². The number of ether oxygens (including phenoxy) is 2. The Morgan fingerprint density at radius 2 is 1.67 bits per heavy atom. The minimum atomic E-state index is -0.405. The lowest BCUT2D eigenvalue weighted by Crippen LogP contribution is -1.91. The smallest absolute Gasteiger partial charge is 0.161 e. The largest absolute Gasteiger partial charge is 0.507 e. The molecule has 94 valence electrons. The topological polar surface area (TPSA) is 38.7 Å². The molecule has 18 heavy (non-hydrogen) atoms. The predicted octanol–water partition coefficient (Wildman–Crippen LogP) is 3.22. The Morgan fingerprint density at radius 3 is 2.33 bits per heavy atom. The molecule has 3 nitrogen and oxygen atoms in total. The first-order chi connectivity index (χ1) is 8.65. The van der Waals surface area contributed by atoms with Gasteiger partial charge in [-0.05, 0) is 35.9 Å². The van der Waals surface area contributed by atoms with E-state index in [1.165, 1.54) is 32.4 Å². The van der Waals surface area contributed by atoms with Crippen LogP contribution in [0.4, 0.5) is 4.39 Å². The van der Waals surface area contributed by atoms with Crippen LogP contribution in [0.5, 0.6) is 17.2 Å². The van der Waals surface area contributed by atoms with Crippen LogP contribution in [0.1, 0.15) is 0 Å². The second kappa shape index (κ2) is 4.96. The van der Waals surface area contributed by atoms with E-state index < -0.39 is 5.82 Å². The van der Waals surface area contributed by atoms with Crippen molar-refractivity contribution >= 4 is 0 Å². The number of halogens is 1. The van der Waals surface area contributed by atoms with Crippen molar-refractivity contribution in [2.24, 2.45) is 0 Å². The summed E-state index contributed by atoms with van der Waals surface area (Å²) in [6.07, 6.45) is 0. The molecular formula is C14H13FO3. The highest BCUT2D eigenvalue weighted by atomic mass is 19.1. The molecule has 0 bridgehead atoms. The van der Waals surface area contributed by atoms with Crippen LogP contribution < -0.4 is 9.47 Å². The van der Waals surface area contributed by atoms with Gasteiger partial charge in [0, 0.05) is 5.56 Å². The van der Waals surface area contributed by atoms with E-state index in [0.29, 0.717) is 22.6 Å². The summed E-state index contributed by atoms with van der Waals surface area (Å²) in [5, 5.41) is 9.74. The Labute approximate surface area is 104 Å². The zero-order valence-corrected chi connectivity index (χ0v) is 10.1. The van der Waals surface area contributed by atoms with E-state index in [1.54, 1.807) is 18.2 Å². The monoisotopic (exact) mass is 248 g/mol. The van der Waals surface area contributed by atoms with Gasteiger partial charge in [-0.1, -0.05) is 6.07 Å². The second-order valence-corrected chi connectivity index (χ2v) is 3.73. The molecule has 0 aliphatic rings. The fourth-order valence-electron chi connectivity index (χ4n) is 1.74. The van der Waals surface area contributed by atoms with Crippen LogP contribution in [-0.4, -0.2) is 19.3 Å². The van der Waals surface area contributed by atoms with Gasteiger partial charge in [0.15, 0.2) is 11.5 Å². The molecule has 0 aliphatic carbocycles. The number of hydrogen-bond acceptors (Lipinski definition) is 3. The highest BCUT2D eigenvalue weighted by molar-refractivity contribution is 5.72. The summed E-state index contributed by atoms with van der Waals surface area (Å²) in [5.74, 6) is 0.719. The van der Waals surface area contributed by atoms with Crippen LogP contribution in [0.3, 0.4) is 0 Å². The fraction of sp³-hybridized carbons (Fsp3) is 0.143. The van der Waals surface area contributed by atoms with Gasteiger partial charge in [0.25, 0.3) is 0 Å². The minimum Gasteiger partial charge on any atom is -0.507 e. The molecule has 2 aromatic carbocycles. The van der Waals surface area contributed by atoms with Gasteiger partial charge in [-0.2, -0.15) is 0 Å². The first-order valence-corrected chi connectivity index (χ1v) is 5.36. The number of hydrogen-bond donors (Lipinski definition) is 1. The lowest BCUT2D eigenvalue weighted by molar-refractivity contribution is 0.355. The Kier molecular flexibility index (Phi) is 3.37. The lowest BCUT2D eigenvalue weighted by Gasteiger charge is -2.10.